The fraction of sp³-hybridized carbons (Fsp3) is 0.182. The minimum absolute atomic E-state index is 0.277. The minimum Gasteiger partial charge on any atom is -0.368 e. The topological polar surface area (TPSA) is 55.0 Å². The van der Waals surface area contributed by atoms with Gasteiger partial charge in [-0.15, -0.1) is 0 Å². The van der Waals surface area contributed by atoms with Gasteiger partial charge in [-0.3, -0.25) is 0 Å². The molecule has 4 nitrogen and oxygen atoms in total. The molecule has 142 valence electrons. The van der Waals surface area contributed by atoms with Crippen LogP contribution in [0.1, 0.15) is 23.1 Å². The summed E-state index contributed by atoms with van der Waals surface area (Å²) in [6.45, 7) is 1.51. The van der Waals surface area contributed by atoms with Crippen molar-refractivity contribution >= 4 is 46.6 Å². The van der Waals surface area contributed by atoms with E-state index in [1.807, 2.05) is 24.3 Å². The normalized spacial score (nSPS) is 13.2. The molecule has 3 aromatic rings. The van der Waals surface area contributed by atoms with E-state index < -0.39 is 0 Å². The summed E-state index contributed by atoms with van der Waals surface area (Å²) in [6.07, 6.45) is 5.80. The molecule has 6 heteroatoms. The van der Waals surface area contributed by atoms with Gasteiger partial charge < -0.3 is 10.6 Å². The summed E-state index contributed by atoms with van der Waals surface area (Å²) in [5.41, 5.74) is 10.0. The van der Waals surface area contributed by atoms with Gasteiger partial charge in [0.1, 0.15) is 5.82 Å². The van der Waals surface area contributed by atoms with Crippen LogP contribution in [0.4, 0.5) is 11.8 Å². The number of aryl methyl sites for hydroxylation is 1. The first-order chi connectivity index (χ1) is 13.6. The van der Waals surface area contributed by atoms with Crippen molar-refractivity contribution in [1.82, 2.24) is 9.97 Å². The Morgan fingerprint density at radius 1 is 1.00 bits per heavy atom. The Kier molecular flexibility index (Phi) is 5.51. The molecule has 0 atom stereocenters. The Bertz CT molecular complexity index is 998. The number of anilines is 2. The lowest BCUT2D eigenvalue weighted by Gasteiger charge is -2.31. The number of nitrogens with zero attached hydrogens (tertiary/aromatic N) is 3. The molecule has 0 radical (unpaired) electrons. The Labute approximate surface area is 174 Å². The number of benzene rings is 2. The fourth-order valence-corrected chi connectivity index (χ4v) is 4.16. The highest BCUT2D eigenvalue weighted by molar-refractivity contribution is 6.38. The Morgan fingerprint density at radius 3 is 2.50 bits per heavy atom. The number of hydrogen-bond donors (Lipinski definition) is 1. The Morgan fingerprint density at radius 2 is 1.75 bits per heavy atom. The highest BCUT2D eigenvalue weighted by atomic mass is 35.5. The van der Waals surface area contributed by atoms with Gasteiger partial charge >= 0.3 is 0 Å². The van der Waals surface area contributed by atoms with Crippen molar-refractivity contribution in [2.45, 2.75) is 12.8 Å². The molecule has 0 saturated heterocycles. The lowest BCUT2D eigenvalue weighted by Crippen LogP contribution is -2.31. The first-order valence-electron chi connectivity index (χ1n) is 9.18. The summed E-state index contributed by atoms with van der Waals surface area (Å²) in [4.78, 5) is 10.9. The van der Waals surface area contributed by atoms with Crippen molar-refractivity contribution in [2.24, 2.45) is 0 Å². The summed E-state index contributed by atoms with van der Waals surface area (Å²) in [7, 11) is 0. The monoisotopic (exact) mass is 410 g/mol. The third kappa shape index (κ3) is 3.98. The molecule has 0 saturated carbocycles. The second kappa shape index (κ2) is 8.21. The Balaban J connectivity index is 1.62. The standard InChI is InChI=1S/C22H20Cl2N4/c23-18-9-4-10-19(24)20(18)17-12-16-13-26-22(25)27-21(16)28(14-17)11-5-8-15-6-2-1-3-7-15/h1-4,6-7,9-10,12-13H,5,8,11,14H2,(H2,25,26,27). The van der Waals surface area contributed by atoms with E-state index in [0.29, 0.717) is 16.6 Å². The fourth-order valence-electron chi connectivity index (χ4n) is 3.52. The molecular formula is C22H20Cl2N4. The molecule has 28 heavy (non-hydrogen) atoms. The predicted octanol–water partition coefficient (Wildman–Crippen LogP) is 5.36. The van der Waals surface area contributed by atoms with E-state index in [1.54, 1.807) is 6.20 Å². The SMILES string of the molecule is Nc1ncc2c(n1)N(CCCc1ccccc1)CC(c1c(Cl)cccc1Cl)=C2. The lowest BCUT2D eigenvalue weighted by atomic mass is 9.99. The van der Waals surface area contributed by atoms with Gasteiger partial charge in [0.25, 0.3) is 0 Å². The van der Waals surface area contributed by atoms with E-state index in [9.17, 15) is 0 Å². The average molecular weight is 411 g/mol. The van der Waals surface area contributed by atoms with Gasteiger partial charge in [-0.05, 0) is 42.2 Å². The van der Waals surface area contributed by atoms with E-state index in [2.05, 4.69) is 45.2 Å². The van der Waals surface area contributed by atoms with E-state index in [4.69, 9.17) is 28.9 Å². The van der Waals surface area contributed by atoms with Crippen LogP contribution in [-0.2, 0) is 6.42 Å². The maximum absolute atomic E-state index is 6.45. The van der Waals surface area contributed by atoms with Crippen LogP contribution in [0.25, 0.3) is 11.6 Å². The number of rotatable bonds is 5. The van der Waals surface area contributed by atoms with Crippen molar-refractivity contribution in [3.05, 3.63) is 81.5 Å². The van der Waals surface area contributed by atoms with Crippen molar-refractivity contribution < 1.29 is 0 Å². The maximum atomic E-state index is 6.45. The van der Waals surface area contributed by atoms with Gasteiger partial charge in [0, 0.05) is 40.5 Å². The van der Waals surface area contributed by atoms with E-state index in [0.717, 1.165) is 41.9 Å². The second-order valence-electron chi connectivity index (χ2n) is 6.78. The summed E-state index contributed by atoms with van der Waals surface area (Å²) in [5.74, 6) is 1.13. The number of aromatic nitrogens is 2. The van der Waals surface area contributed by atoms with Gasteiger partial charge in [-0.1, -0.05) is 59.6 Å². The van der Waals surface area contributed by atoms with Crippen molar-refractivity contribution in [3.8, 4) is 0 Å². The molecule has 0 spiro atoms. The summed E-state index contributed by atoms with van der Waals surface area (Å²) in [5, 5.41) is 1.28. The first kappa shape index (κ1) is 18.8. The Hall–Kier alpha value is -2.56. The quantitative estimate of drug-likeness (QED) is 0.614. The van der Waals surface area contributed by atoms with Gasteiger partial charge in [-0.2, -0.15) is 4.98 Å². The summed E-state index contributed by atoms with van der Waals surface area (Å²) >= 11 is 12.9. The van der Waals surface area contributed by atoms with Gasteiger partial charge in [-0.25, -0.2) is 4.98 Å². The predicted molar refractivity (Wildman–Crippen MR) is 118 cm³/mol. The molecule has 2 N–H and O–H groups in total. The van der Waals surface area contributed by atoms with Gasteiger partial charge in [0.15, 0.2) is 0 Å². The zero-order valence-corrected chi connectivity index (χ0v) is 16.8. The van der Waals surface area contributed by atoms with Crippen LogP contribution in [0.15, 0.2) is 54.7 Å². The van der Waals surface area contributed by atoms with Gasteiger partial charge in [0.2, 0.25) is 5.95 Å². The molecule has 2 heterocycles. The lowest BCUT2D eigenvalue weighted by molar-refractivity contribution is 0.753. The van der Waals surface area contributed by atoms with Crippen LogP contribution in [0.2, 0.25) is 10.0 Å². The van der Waals surface area contributed by atoms with Crippen LogP contribution in [-0.4, -0.2) is 23.1 Å². The van der Waals surface area contributed by atoms with Crippen LogP contribution < -0.4 is 10.6 Å². The number of hydrogen-bond acceptors (Lipinski definition) is 4. The highest BCUT2D eigenvalue weighted by Gasteiger charge is 2.23. The van der Waals surface area contributed by atoms with E-state index in [-0.39, 0.29) is 5.95 Å². The van der Waals surface area contributed by atoms with Crippen LogP contribution >= 0.6 is 23.2 Å². The molecule has 0 unspecified atom stereocenters. The highest BCUT2D eigenvalue weighted by Crippen LogP contribution is 2.37. The van der Waals surface area contributed by atoms with Crippen molar-refractivity contribution in [2.75, 3.05) is 23.7 Å². The third-order valence-electron chi connectivity index (χ3n) is 4.83. The molecular weight excluding hydrogens is 391 g/mol. The minimum atomic E-state index is 0.277. The maximum Gasteiger partial charge on any atom is 0.221 e. The molecule has 1 aliphatic heterocycles. The molecule has 1 aromatic heterocycles. The van der Waals surface area contributed by atoms with E-state index >= 15 is 0 Å². The molecule has 2 aromatic carbocycles. The van der Waals surface area contributed by atoms with Gasteiger partial charge in [0.05, 0.1) is 0 Å². The molecule has 1 aliphatic rings. The largest absolute Gasteiger partial charge is 0.368 e. The summed E-state index contributed by atoms with van der Waals surface area (Å²) in [6, 6.07) is 16.1. The van der Waals surface area contributed by atoms with Crippen LogP contribution in [0.3, 0.4) is 0 Å². The number of halogens is 2. The molecule has 0 aliphatic carbocycles. The summed E-state index contributed by atoms with van der Waals surface area (Å²) < 4.78 is 0. The second-order valence-corrected chi connectivity index (χ2v) is 7.60. The molecule has 0 amide bonds. The molecule has 4 rings (SSSR count). The first-order valence-corrected chi connectivity index (χ1v) is 9.94. The number of fused-ring (bicyclic) bond motifs is 1. The zero-order chi connectivity index (χ0) is 19.5. The van der Waals surface area contributed by atoms with Crippen LogP contribution in [0, 0.1) is 0 Å². The number of nitrogens with two attached hydrogens (primary N) is 1. The van der Waals surface area contributed by atoms with Crippen LogP contribution in [0.5, 0.6) is 0 Å². The molecule has 0 fully saturated rings. The van der Waals surface area contributed by atoms with Crippen molar-refractivity contribution in [3.63, 3.8) is 0 Å². The van der Waals surface area contributed by atoms with E-state index in [1.165, 1.54) is 5.56 Å². The average Bonchev–Trinajstić information content (AvgIpc) is 2.69. The molecule has 0 bridgehead atoms. The third-order valence-corrected chi connectivity index (χ3v) is 5.46. The van der Waals surface area contributed by atoms with Crippen molar-refractivity contribution in [1.29, 1.82) is 0 Å². The smallest absolute Gasteiger partial charge is 0.221 e. The number of nitrogen functional groups attached to an aromatic ring is 1. The zero-order valence-electron chi connectivity index (χ0n) is 15.3.